The third-order valence-corrected chi connectivity index (χ3v) is 1.59. The Morgan fingerprint density at radius 1 is 1.58 bits per heavy atom. The van der Waals surface area contributed by atoms with Gasteiger partial charge in [0.2, 0.25) is 0 Å². The standard InChI is InChI=1S/C8H16N4/c1-7(2)5-12-6-10-11-8(12)4-9-3/h6-7,9H,4-5H2,1-3H3. The van der Waals surface area contributed by atoms with Gasteiger partial charge >= 0.3 is 0 Å². The number of hydrogen-bond donors (Lipinski definition) is 1. The molecule has 0 radical (unpaired) electrons. The lowest BCUT2D eigenvalue weighted by atomic mass is 10.2. The van der Waals surface area contributed by atoms with E-state index in [1.165, 1.54) is 0 Å². The van der Waals surface area contributed by atoms with Crippen LogP contribution in [0.1, 0.15) is 19.7 Å². The summed E-state index contributed by atoms with van der Waals surface area (Å²) < 4.78 is 2.08. The van der Waals surface area contributed by atoms with Gasteiger partial charge in [-0.25, -0.2) is 0 Å². The zero-order valence-electron chi connectivity index (χ0n) is 7.91. The molecule has 0 aliphatic rings. The average Bonchev–Trinajstić information content (AvgIpc) is 2.37. The van der Waals surface area contributed by atoms with Crippen molar-refractivity contribution >= 4 is 0 Å². The average molecular weight is 168 g/mol. The molecule has 0 aromatic carbocycles. The molecule has 0 aliphatic carbocycles. The van der Waals surface area contributed by atoms with Crippen LogP contribution in [0.4, 0.5) is 0 Å². The Labute approximate surface area is 73.0 Å². The maximum atomic E-state index is 4.01. The van der Waals surface area contributed by atoms with Gasteiger partial charge in [-0.15, -0.1) is 10.2 Å². The lowest BCUT2D eigenvalue weighted by Gasteiger charge is -2.07. The lowest BCUT2D eigenvalue weighted by Crippen LogP contribution is -2.14. The molecule has 12 heavy (non-hydrogen) atoms. The zero-order valence-corrected chi connectivity index (χ0v) is 7.91. The van der Waals surface area contributed by atoms with Crippen LogP contribution in [0.15, 0.2) is 6.33 Å². The van der Waals surface area contributed by atoms with E-state index in [4.69, 9.17) is 0 Å². The largest absolute Gasteiger partial charge is 0.316 e. The Bertz CT molecular complexity index is 229. The van der Waals surface area contributed by atoms with E-state index in [2.05, 4.69) is 33.9 Å². The normalized spacial score (nSPS) is 11.0. The number of hydrogen-bond acceptors (Lipinski definition) is 3. The van der Waals surface area contributed by atoms with E-state index in [-0.39, 0.29) is 0 Å². The van der Waals surface area contributed by atoms with Crippen LogP contribution in [0.2, 0.25) is 0 Å². The maximum absolute atomic E-state index is 4.01. The summed E-state index contributed by atoms with van der Waals surface area (Å²) in [6, 6.07) is 0. The highest BCUT2D eigenvalue weighted by atomic mass is 15.3. The summed E-state index contributed by atoms with van der Waals surface area (Å²) in [5.41, 5.74) is 0. The quantitative estimate of drug-likeness (QED) is 0.718. The first-order chi connectivity index (χ1) is 5.74. The summed E-state index contributed by atoms with van der Waals surface area (Å²) in [6.45, 7) is 6.14. The SMILES string of the molecule is CNCc1nncn1CC(C)C. The molecule has 0 atom stereocenters. The van der Waals surface area contributed by atoms with Crippen molar-refractivity contribution in [2.45, 2.75) is 26.9 Å². The van der Waals surface area contributed by atoms with Crippen LogP contribution in [-0.4, -0.2) is 21.8 Å². The second-order valence-electron chi connectivity index (χ2n) is 3.32. The Hall–Kier alpha value is -0.900. The van der Waals surface area contributed by atoms with Gasteiger partial charge in [0.15, 0.2) is 0 Å². The fourth-order valence-electron chi connectivity index (χ4n) is 1.12. The molecule has 1 heterocycles. The molecule has 1 N–H and O–H groups in total. The summed E-state index contributed by atoms with van der Waals surface area (Å²) in [4.78, 5) is 0. The smallest absolute Gasteiger partial charge is 0.146 e. The van der Waals surface area contributed by atoms with Crippen LogP contribution in [-0.2, 0) is 13.1 Å². The first kappa shape index (κ1) is 9.19. The van der Waals surface area contributed by atoms with E-state index in [1.807, 2.05) is 7.05 Å². The first-order valence-electron chi connectivity index (χ1n) is 4.25. The van der Waals surface area contributed by atoms with Crippen LogP contribution < -0.4 is 5.32 Å². The number of rotatable bonds is 4. The second kappa shape index (κ2) is 4.21. The van der Waals surface area contributed by atoms with Crippen molar-refractivity contribution in [3.8, 4) is 0 Å². The maximum Gasteiger partial charge on any atom is 0.146 e. The Morgan fingerprint density at radius 3 is 2.92 bits per heavy atom. The molecule has 1 aromatic rings. The van der Waals surface area contributed by atoms with Crippen LogP contribution in [0, 0.1) is 5.92 Å². The Balaban J connectivity index is 2.63. The minimum Gasteiger partial charge on any atom is -0.316 e. The fraction of sp³-hybridized carbons (Fsp3) is 0.750. The van der Waals surface area contributed by atoms with E-state index in [1.54, 1.807) is 6.33 Å². The number of nitrogens with one attached hydrogen (secondary N) is 1. The van der Waals surface area contributed by atoms with Gasteiger partial charge in [0.05, 0.1) is 6.54 Å². The van der Waals surface area contributed by atoms with Crippen molar-refractivity contribution in [2.75, 3.05) is 7.05 Å². The molecule has 68 valence electrons. The van der Waals surface area contributed by atoms with E-state index in [0.29, 0.717) is 5.92 Å². The molecule has 0 amide bonds. The van der Waals surface area contributed by atoms with Crippen molar-refractivity contribution in [2.24, 2.45) is 5.92 Å². The summed E-state index contributed by atoms with van der Waals surface area (Å²) in [6.07, 6.45) is 1.78. The van der Waals surface area contributed by atoms with Crippen molar-refractivity contribution in [1.82, 2.24) is 20.1 Å². The van der Waals surface area contributed by atoms with Crippen LogP contribution in [0.25, 0.3) is 0 Å². The van der Waals surface area contributed by atoms with Gasteiger partial charge in [-0.1, -0.05) is 13.8 Å². The van der Waals surface area contributed by atoms with Crippen molar-refractivity contribution < 1.29 is 0 Å². The summed E-state index contributed by atoms with van der Waals surface area (Å²) in [5.74, 6) is 1.64. The molecule has 0 spiro atoms. The van der Waals surface area contributed by atoms with Gasteiger partial charge in [0.1, 0.15) is 12.2 Å². The summed E-state index contributed by atoms with van der Waals surface area (Å²) >= 11 is 0. The first-order valence-corrected chi connectivity index (χ1v) is 4.25. The highest BCUT2D eigenvalue weighted by Gasteiger charge is 2.03. The summed E-state index contributed by atoms with van der Waals surface area (Å²) in [7, 11) is 1.91. The second-order valence-corrected chi connectivity index (χ2v) is 3.32. The number of aromatic nitrogens is 3. The van der Waals surface area contributed by atoms with Gasteiger partial charge in [-0.05, 0) is 13.0 Å². The molecule has 0 saturated heterocycles. The van der Waals surface area contributed by atoms with Crippen molar-refractivity contribution in [3.05, 3.63) is 12.2 Å². The van der Waals surface area contributed by atoms with E-state index in [0.717, 1.165) is 18.9 Å². The van der Waals surface area contributed by atoms with Crippen LogP contribution in [0.3, 0.4) is 0 Å². The highest BCUT2D eigenvalue weighted by Crippen LogP contribution is 2.01. The van der Waals surface area contributed by atoms with E-state index >= 15 is 0 Å². The Kier molecular flexibility index (Phi) is 3.22. The van der Waals surface area contributed by atoms with Crippen LogP contribution in [0.5, 0.6) is 0 Å². The minimum atomic E-state index is 0.636. The Morgan fingerprint density at radius 2 is 2.33 bits per heavy atom. The predicted octanol–water partition coefficient (Wildman–Crippen LogP) is 0.653. The van der Waals surface area contributed by atoms with Gasteiger partial charge in [0, 0.05) is 6.54 Å². The van der Waals surface area contributed by atoms with Gasteiger partial charge < -0.3 is 9.88 Å². The topological polar surface area (TPSA) is 42.7 Å². The third kappa shape index (κ3) is 2.30. The molecule has 0 bridgehead atoms. The van der Waals surface area contributed by atoms with Gasteiger partial charge in [-0.3, -0.25) is 0 Å². The predicted molar refractivity (Wildman–Crippen MR) is 47.6 cm³/mol. The van der Waals surface area contributed by atoms with E-state index < -0.39 is 0 Å². The molecule has 0 unspecified atom stereocenters. The molecule has 0 saturated carbocycles. The molecule has 4 heteroatoms. The third-order valence-electron chi connectivity index (χ3n) is 1.59. The van der Waals surface area contributed by atoms with Gasteiger partial charge in [-0.2, -0.15) is 0 Å². The zero-order chi connectivity index (χ0) is 8.97. The van der Waals surface area contributed by atoms with Crippen molar-refractivity contribution in [3.63, 3.8) is 0 Å². The lowest BCUT2D eigenvalue weighted by molar-refractivity contribution is 0.501. The molecule has 0 fully saturated rings. The molecule has 0 aliphatic heterocycles. The minimum absolute atomic E-state index is 0.636. The highest BCUT2D eigenvalue weighted by molar-refractivity contribution is 4.84. The van der Waals surface area contributed by atoms with Crippen LogP contribution >= 0.6 is 0 Å². The fourth-order valence-corrected chi connectivity index (χ4v) is 1.12. The molecular weight excluding hydrogens is 152 g/mol. The monoisotopic (exact) mass is 168 g/mol. The number of nitrogens with zero attached hydrogens (tertiary/aromatic N) is 3. The van der Waals surface area contributed by atoms with Gasteiger partial charge in [0.25, 0.3) is 0 Å². The summed E-state index contributed by atoms with van der Waals surface area (Å²) in [5, 5.41) is 10.9. The van der Waals surface area contributed by atoms with E-state index in [9.17, 15) is 0 Å². The van der Waals surface area contributed by atoms with Crippen molar-refractivity contribution in [1.29, 1.82) is 0 Å². The molecule has 1 aromatic heterocycles. The molecular formula is C8H16N4. The molecule has 1 rings (SSSR count). The molecule has 4 nitrogen and oxygen atoms in total.